The van der Waals surface area contributed by atoms with Crippen LogP contribution in [0.1, 0.15) is 25.7 Å². The van der Waals surface area contributed by atoms with Crippen molar-refractivity contribution in [2.24, 2.45) is 0 Å². The van der Waals surface area contributed by atoms with E-state index in [1.165, 1.54) is 0 Å². The summed E-state index contributed by atoms with van der Waals surface area (Å²) in [5, 5.41) is 10.1. The number of ether oxygens (including phenoxy) is 1. The lowest BCUT2D eigenvalue weighted by Crippen LogP contribution is -2.07. The monoisotopic (exact) mass is 213 g/mol. The second kappa shape index (κ2) is 9.59. The van der Waals surface area contributed by atoms with Crippen molar-refractivity contribution in [1.82, 2.24) is 0 Å². The van der Waals surface area contributed by atoms with Crippen molar-refractivity contribution in [3.8, 4) is 0 Å². The molecule has 0 heterocycles. The van der Waals surface area contributed by atoms with E-state index in [0.717, 1.165) is 12.8 Å². The van der Waals surface area contributed by atoms with Crippen LogP contribution in [-0.4, -0.2) is 24.7 Å². The summed E-state index contributed by atoms with van der Waals surface area (Å²) in [6, 6.07) is 0. The predicted molar refractivity (Wildman–Crippen MR) is 50.3 cm³/mol. The fourth-order valence-electron chi connectivity index (χ4n) is 0.735. The molecule has 0 saturated carbocycles. The normalized spacial score (nSPS) is 13.2. The number of unbranched alkanes of at least 4 members (excludes halogenated alkanes) is 1. The Bertz CT molecular complexity index is 91.1. The first kappa shape index (κ1) is 12.5. The van der Waals surface area contributed by atoms with Crippen LogP contribution in [0.15, 0.2) is 0 Å². The molecule has 0 aromatic carbocycles. The van der Waals surface area contributed by atoms with Gasteiger partial charge in [0.2, 0.25) is 0 Å². The highest BCUT2D eigenvalue weighted by Gasteiger charge is 2.02. The summed E-state index contributed by atoms with van der Waals surface area (Å²) in [6.45, 7) is 0.563. The van der Waals surface area contributed by atoms with Gasteiger partial charge in [-0.15, -0.1) is 11.6 Å². The molecule has 0 N–H and O–H groups in total. The molecule has 0 fully saturated rings. The Kier molecular flexibility index (Phi) is 9.99. The number of hydrogen-bond donors (Lipinski definition) is 0. The molecule has 0 aromatic rings. The van der Waals surface area contributed by atoms with Crippen LogP contribution in [0.3, 0.4) is 0 Å². The average Bonchev–Trinajstić information content (AvgIpc) is 2.09. The third-order valence-corrected chi connectivity index (χ3v) is 2.01. The van der Waals surface area contributed by atoms with E-state index < -0.39 is 0 Å². The van der Waals surface area contributed by atoms with Crippen LogP contribution < -0.4 is 0 Å². The molecule has 0 aliphatic heterocycles. The van der Waals surface area contributed by atoms with Crippen LogP contribution in [0.2, 0.25) is 0 Å². The third kappa shape index (κ3) is 8.60. The van der Waals surface area contributed by atoms with E-state index in [4.69, 9.17) is 27.9 Å². The van der Waals surface area contributed by atoms with Crippen LogP contribution >= 0.6 is 23.2 Å². The van der Waals surface area contributed by atoms with E-state index in [1.807, 2.05) is 0 Å². The molecule has 0 saturated heterocycles. The Morgan fingerprint density at radius 1 is 1.25 bits per heavy atom. The zero-order valence-electron chi connectivity index (χ0n) is 7.10. The van der Waals surface area contributed by atoms with Gasteiger partial charge in [-0.3, -0.25) is 0 Å². The summed E-state index contributed by atoms with van der Waals surface area (Å²) in [6.07, 6.45) is 3.12. The maximum absolute atomic E-state index is 10.1. The van der Waals surface area contributed by atoms with Crippen molar-refractivity contribution < 1.29 is 9.84 Å². The first-order valence-electron chi connectivity index (χ1n) is 4.21. The van der Waals surface area contributed by atoms with E-state index in [-0.39, 0.29) is 12.2 Å². The maximum Gasteiger partial charge on any atom is 0.131 e. The average molecular weight is 214 g/mol. The highest BCUT2D eigenvalue weighted by molar-refractivity contribution is 6.19. The second-order valence-corrected chi connectivity index (χ2v) is 3.39. The fraction of sp³-hybridized carbons (Fsp3) is 1.00. The van der Waals surface area contributed by atoms with Crippen LogP contribution in [0, 0.1) is 0 Å². The molecule has 1 atom stereocenters. The molecule has 12 heavy (non-hydrogen) atoms. The van der Waals surface area contributed by atoms with Gasteiger partial charge in [0.1, 0.15) is 5.56 Å². The molecule has 1 unspecified atom stereocenters. The first-order valence-corrected chi connectivity index (χ1v) is 5.18. The summed E-state index contributed by atoms with van der Waals surface area (Å²) < 4.78 is 5.21. The molecular weight excluding hydrogens is 199 g/mol. The van der Waals surface area contributed by atoms with Gasteiger partial charge < -0.3 is 4.74 Å². The minimum Gasteiger partial charge on any atom is -0.362 e. The van der Waals surface area contributed by atoms with Gasteiger partial charge in [-0.25, -0.2) is 5.11 Å². The number of halogens is 2. The minimum absolute atomic E-state index is 0.0751. The smallest absolute Gasteiger partial charge is 0.131 e. The van der Waals surface area contributed by atoms with Crippen LogP contribution in [-0.2, 0) is 9.84 Å². The van der Waals surface area contributed by atoms with Crippen molar-refractivity contribution >= 4 is 23.2 Å². The highest BCUT2D eigenvalue weighted by atomic mass is 35.5. The summed E-state index contributed by atoms with van der Waals surface area (Å²) in [5.74, 6) is 0.664. The van der Waals surface area contributed by atoms with E-state index in [9.17, 15) is 5.11 Å². The lowest BCUT2D eigenvalue weighted by Gasteiger charge is -2.08. The molecule has 0 aliphatic carbocycles. The summed E-state index contributed by atoms with van der Waals surface area (Å²) in [7, 11) is 0. The van der Waals surface area contributed by atoms with E-state index in [0.29, 0.717) is 25.3 Å². The van der Waals surface area contributed by atoms with Gasteiger partial charge in [0.15, 0.2) is 0 Å². The number of alkyl halides is 2. The maximum atomic E-state index is 10.1. The molecule has 0 bridgehead atoms. The van der Waals surface area contributed by atoms with Gasteiger partial charge in [-0.05, 0) is 25.7 Å². The lowest BCUT2D eigenvalue weighted by molar-refractivity contribution is 0.0884. The number of rotatable bonds is 8. The molecule has 0 aromatic heterocycles. The van der Waals surface area contributed by atoms with Crippen LogP contribution in [0.4, 0.5) is 0 Å². The second-order valence-electron chi connectivity index (χ2n) is 2.52. The third-order valence-electron chi connectivity index (χ3n) is 1.40. The quantitative estimate of drug-likeness (QED) is 0.451. The Morgan fingerprint density at radius 2 is 2.00 bits per heavy atom. The zero-order chi connectivity index (χ0) is 9.23. The summed E-state index contributed by atoms with van der Waals surface area (Å²) >= 11 is 11.2. The van der Waals surface area contributed by atoms with Gasteiger partial charge in [0.05, 0.1) is 6.61 Å². The summed E-state index contributed by atoms with van der Waals surface area (Å²) in [5.41, 5.74) is -0.297. The summed E-state index contributed by atoms with van der Waals surface area (Å²) in [4.78, 5) is 0. The van der Waals surface area contributed by atoms with Crippen molar-refractivity contribution in [2.45, 2.75) is 31.2 Å². The SMILES string of the molecule is [O]CCCC(Cl)OCCCCCl. The van der Waals surface area contributed by atoms with Crippen molar-refractivity contribution in [2.75, 3.05) is 19.1 Å². The zero-order valence-corrected chi connectivity index (χ0v) is 8.61. The molecule has 1 radical (unpaired) electrons. The Hall–Kier alpha value is 0.500. The predicted octanol–water partition coefficient (Wildman–Crippen LogP) is 2.80. The number of hydrogen-bond acceptors (Lipinski definition) is 1. The van der Waals surface area contributed by atoms with Gasteiger partial charge >= 0.3 is 0 Å². The standard InChI is InChI=1S/C8H15Cl2O2/c9-5-1-2-7-12-8(10)4-3-6-11/h8H,1-7H2. The van der Waals surface area contributed by atoms with E-state index >= 15 is 0 Å². The first-order chi connectivity index (χ1) is 5.81. The Labute approximate surface area is 83.8 Å². The lowest BCUT2D eigenvalue weighted by atomic mass is 10.3. The largest absolute Gasteiger partial charge is 0.362 e. The Balaban J connectivity index is 3.02. The highest BCUT2D eigenvalue weighted by Crippen LogP contribution is 2.07. The Morgan fingerprint density at radius 3 is 2.58 bits per heavy atom. The van der Waals surface area contributed by atoms with Gasteiger partial charge in [0.25, 0.3) is 0 Å². The van der Waals surface area contributed by atoms with Crippen molar-refractivity contribution in [3.05, 3.63) is 0 Å². The molecule has 2 nitrogen and oxygen atoms in total. The minimum atomic E-state index is -0.297. The van der Waals surface area contributed by atoms with Crippen LogP contribution in [0.25, 0.3) is 0 Å². The topological polar surface area (TPSA) is 29.1 Å². The molecule has 4 heteroatoms. The van der Waals surface area contributed by atoms with Crippen molar-refractivity contribution in [1.29, 1.82) is 0 Å². The van der Waals surface area contributed by atoms with E-state index in [1.54, 1.807) is 0 Å². The van der Waals surface area contributed by atoms with Gasteiger partial charge in [0, 0.05) is 12.5 Å². The molecule has 0 amide bonds. The molecule has 0 spiro atoms. The van der Waals surface area contributed by atoms with Crippen LogP contribution in [0.5, 0.6) is 0 Å². The van der Waals surface area contributed by atoms with Gasteiger partial charge in [-0.2, -0.15) is 0 Å². The fourth-order valence-corrected chi connectivity index (χ4v) is 1.17. The molecule has 0 aliphatic rings. The molecular formula is C8H15Cl2O2. The van der Waals surface area contributed by atoms with Crippen molar-refractivity contribution in [3.63, 3.8) is 0 Å². The van der Waals surface area contributed by atoms with Gasteiger partial charge in [-0.1, -0.05) is 11.6 Å². The molecule has 73 valence electrons. The van der Waals surface area contributed by atoms with E-state index in [2.05, 4.69) is 0 Å². The molecule has 0 rings (SSSR count).